The maximum absolute atomic E-state index is 11.0. The minimum absolute atomic E-state index is 0.0602. The highest BCUT2D eigenvalue weighted by molar-refractivity contribution is 6.04. The summed E-state index contributed by atoms with van der Waals surface area (Å²) in [4.78, 5) is 15.5. The zero-order chi connectivity index (χ0) is 8.27. The molecule has 0 saturated heterocycles. The molecule has 11 heavy (non-hydrogen) atoms. The van der Waals surface area contributed by atoms with Gasteiger partial charge in [0.2, 0.25) is 0 Å². The molecular weight excluding hydrogens is 142 g/mol. The van der Waals surface area contributed by atoms with Crippen LogP contribution in [0.25, 0.3) is 0 Å². The van der Waals surface area contributed by atoms with Gasteiger partial charge in [0.25, 0.3) is 0 Å². The summed E-state index contributed by atoms with van der Waals surface area (Å²) in [6, 6.07) is 0. The molecule has 1 rings (SSSR count). The van der Waals surface area contributed by atoms with Gasteiger partial charge in [-0.05, 0) is 12.8 Å². The third-order valence-corrected chi connectivity index (χ3v) is 1.85. The van der Waals surface area contributed by atoms with Crippen LogP contribution in [0.2, 0.25) is 0 Å². The molecular formula is C8H13NO2. The fourth-order valence-electron chi connectivity index (χ4n) is 1.25. The normalized spacial score (nSPS) is 23.3. The molecule has 1 aliphatic heterocycles. The summed E-state index contributed by atoms with van der Waals surface area (Å²) in [6.07, 6.45) is 2.70. The SMILES string of the molecule is CCCC1=NOC(=O)C1CC. The Labute approximate surface area is 66.4 Å². The van der Waals surface area contributed by atoms with E-state index in [0.717, 1.165) is 25.0 Å². The minimum atomic E-state index is -0.184. The molecule has 0 aromatic heterocycles. The average molecular weight is 155 g/mol. The third-order valence-electron chi connectivity index (χ3n) is 1.85. The summed E-state index contributed by atoms with van der Waals surface area (Å²) in [5.74, 6) is -0.245. The Balaban J connectivity index is 2.58. The molecule has 0 aromatic carbocycles. The fourth-order valence-corrected chi connectivity index (χ4v) is 1.25. The van der Waals surface area contributed by atoms with Crippen LogP contribution in [0.1, 0.15) is 33.1 Å². The summed E-state index contributed by atoms with van der Waals surface area (Å²) in [5.41, 5.74) is 0.917. The van der Waals surface area contributed by atoms with Crippen LogP contribution in [-0.2, 0) is 9.63 Å². The summed E-state index contributed by atoms with van der Waals surface area (Å²) in [5, 5.41) is 3.73. The molecule has 0 saturated carbocycles. The highest BCUT2D eigenvalue weighted by Gasteiger charge is 2.29. The molecule has 1 atom stereocenters. The first-order valence-electron chi connectivity index (χ1n) is 4.07. The van der Waals surface area contributed by atoms with Crippen molar-refractivity contribution in [3.63, 3.8) is 0 Å². The number of hydrogen-bond donors (Lipinski definition) is 0. The minimum Gasteiger partial charge on any atom is -0.318 e. The summed E-state index contributed by atoms with van der Waals surface area (Å²) in [7, 11) is 0. The van der Waals surface area contributed by atoms with E-state index in [1.54, 1.807) is 0 Å². The first-order valence-corrected chi connectivity index (χ1v) is 4.07. The molecule has 3 nitrogen and oxygen atoms in total. The molecule has 0 aromatic rings. The number of rotatable bonds is 3. The van der Waals surface area contributed by atoms with Crippen LogP contribution in [0.5, 0.6) is 0 Å². The lowest BCUT2D eigenvalue weighted by Gasteiger charge is -2.02. The maximum atomic E-state index is 11.0. The Kier molecular flexibility index (Phi) is 2.63. The van der Waals surface area contributed by atoms with Gasteiger partial charge in [0.15, 0.2) is 0 Å². The molecule has 0 amide bonds. The third kappa shape index (κ3) is 1.59. The van der Waals surface area contributed by atoms with Crippen LogP contribution < -0.4 is 0 Å². The topological polar surface area (TPSA) is 38.7 Å². The predicted molar refractivity (Wildman–Crippen MR) is 42.2 cm³/mol. The van der Waals surface area contributed by atoms with Crippen LogP contribution in [0.3, 0.4) is 0 Å². The number of oxime groups is 1. The molecule has 0 spiro atoms. The van der Waals surface area contributed by atoms with Crippen LogP contribution in [-0.4, -0.2) is 11.7 Å². The van der Waals surface area contributed by atoms with Crippen LogP contribution >= 0.6 is 0 Å². The lowest BCUT2D eigenvalue weighted by atomic mass is 9.98. The van der Waals surface area contributed by atoms with Crippen molar-refractivity contribution in [2.24, 2.45) is 11.1 Å². The van der Waals surface area contributed by atoms with Crippen molar-refractivity contribution in [1.82, 2.24) is 0 Å². The van der Waals surface area contributed by atoms with E-state index in [0.29, 0.717) is 0 Å². The lowest BCUT2D eigenvalue weighted by Crippen LogP contribution is -2.16. The molecule has 0 bridgehead atoms. The van der Waals surface area contributed by atoms with E-state index in [9.17, 15) is 4.79 Å². The van der Waals surface area contributed by atoms with E-state index in [1.165, 1.54) is 0 Å². The van der Waals surface area contributed by atoms with E-state index < -0.39 is 0 Å². The van der Waals surface area contributed by atoms with Crippen molar-refractivity contribution in [3.8, 4) is 0 Å². The van der Waals surface area contributed by atoms with Gasteiger partial charge in [-0.25, -0.2) is 4.79 Å². The second-order valence-electron chi connectivity index (χ2n) is 2.70. The molecule has 1 heterocycles. The predicted octanol–water partition coefficient (Wildman–Crippen LogP) is 1.73. The maximum Gasteiger partial charge on any atom is 0.343 e. The molecule has 0 fully saturated rings. The molecule has 0 N–H and O–H groups in total. The van der Waals surface area contributed by atoms with E-state index in [4.69, 9.17) is 0 Å². The summed E-state index contributed by atoms with van der Waals surface area (Å²) in [6.45, 7) is 4.04. The van der Waals surface area contributed by atoms with Crippen molar-refractivity contribution >= 4 is 11.7 Å². The van der Waals surface area contributed by atoms with Gasteiger partial charge in [-0.15, -0.1) is 0 Å². The van der Waals surface area contributed by atoms with Gasteiger partial charge in [-0.2, -0.15) is 0 Å². The molecule has 1 unspecified atom stereocenters. The van der Waals surface area contributed by atoms with E-state index >= 15 is 0 Å². The lowest BCUT2D eigenvalue weighted by molar-refractivity contribution is -0.143. The summed E-state index contributed by atoms with van der Waals surface area (Å²) < 4.78 is 0. The zero-order valence-electron chi connectivity index (χ0n) is 6.96. The van der Waals surface area contributed by atoms with Crippen molar-refractivity contribution < 1.29 is 9.63 Å². The smallest absolute Gasteiger partial charge is 0.318 e. The second-order valence-corrected chi connectivity index (χ2v) is 2.70. The molecule has 62 valence electrons. The highest BCUT2D eigenvalue weighted by atomic mass is 16.7. The average Bonchev–Trinajstić information content (AvgIpc) is 2.33. The van der Waals surface area contributed by atoms with Crippen LogP contribution in [0.4, 0.5) is 0 Å². The Morgan fingerprint density at radius 3 is 2.82 bits per heavy atom. The van der Waals surface area contributed by atoms with Gasteiger partial charge in [-0.1, -0.05) is 25.4 Å². The number of nitrogens with zero attached hydrogens (tertiary/aromatic N) is 1. The van der Waals surface area contributed by atoms with Crippen molar-refractivity contribution in [3.05, 3.63) is 0 Å². The summed E-state index contributed by atoms with van der Waals surface area (Å²) >= 11 is 0. The first kappa shape index (κ1) is 8.24. The standard InChI is InChI=1S/C8H13NO2/c1-3-5-7-6(4-2)8(10)11-9-7/h6H,3-5H2,1-2H3. The van der Waals surface area contributed by atoms with Gasteiger partial charge in [0.05, 0.1) is 5.71 Å². The van der Waals surface area contributed by atoms with Gasteiger partial charge in [0, 0.05) is 0 Å². The fraction of sp³-hybridized carbons (Fsp3) is 0.750. The molecule has 1 aliphatic rings. The monoisotopic (exact) mass is 155 g/mol. The molecule has 0 radical (unpaired) electrons. The van der Waals surface area contributed by atoms with Crippen LogP contribution in [0, 0.1) is 5.92 Å². The largest absolute Gasteiger partial charge is 0.343 e. The van der Waals surface area contributed by atoms with E-state index in [2.05, 4.69) is 16.9 Å². The zero-order valence-corrected chi connectivity index (χ0v) is 6.96. The highest BCUT2D eigenvalue weighted by Crippen LogP contribution is 2.18. The molecule has 0 aliphatic carbocycles. The number of carbonyl (C=O) groups is 1. The van der Waals surface area contributed by atoms with Gasteiger partial charge in [-0.3, -0.25) is 0 Å². The Morgan fingerprint density at radius 2 is 2.27 bits per heavy atom. The van der Waals surface area contributed by atoms with Gasteiger partial charge < -0.3 is 4.84 Å². The van der Waals surface area contributed by atoms with Gasteiger partial charge >= 0.3 is 5.97 Å². The number of hydrogen-bond acceptors (Lipinski definition) is 3. The van der Waals surface area contributed by atoms with Crippen LogP contribution in [0.15, 0.2) is 5.16 Å². The first-order chi connectivity index (χ1) is 5.29. The van der Waals surface area contributed by atoms with Crippen molar-refractivity contribution in [1.29, 1.82) is 0 Å². The Morgan fingerprint density at radius 1 is 1.55 bits per heavy atom. The van der Waals surface area contributed by atoms with E-state index in [-0.39, 0.29) is 11.9 Å². The van der Waals surface area contributed by atoms with Crippen molar-refractivity contribution in [2.45, 2.75) is 33.1 Å². The van der Waals surface area contributed by atoms with E-state index in [1.807, 2.05) is 6.92 Å². The van der Waals surface area contributed by atoms with Crippen molar-refractivity contribution in [2.75, 3.05) is 0 Å². The second kappa shape index (κ2) is 3.51. The quantitative estimate of drug-likeness (QED) is 0.582. The van der Waals surface area contributed by atoms with Gasteiger partial charge in [0.1, 0.15) is 5.92 Å². The Bertz CT molecular complexity index is 187. The number of carbonyl (C=O) groups excluding carboxylic acids is 1. The Hall–Kier alpha value is -0.860. The molecule has 3 heteroatoms.